The van der Waals surface area contributed by atoms with Gasteiger partial charge in [-0.2, -0.15) is 5.10 Å². The molecule has 0 radical (unpaired) electrons. The van der Waals surface area contributed by atoms with Crippen molar-refractivity contribution in [2.45, 2.75) is 96.7 Å². The average Bonchev–Trinajstić information content (AvgIpc) is 3.15. The average molecular weight is 487 g/mol. The Labute approximate surface area is 208 Å². The van der Waals surface area contributed by atoms with Gasteiger partial charge in [-0.05, 0) is 82.1 Å². The van der Waals surface area contributed by atoms with Gasteiger partial charge in [0.15, 0.2) is 0 Å². The van der Waals surface area contributed by atoms with E-state index in [1.54, 1.807) is 17.1 Å². The number of aromatic nitrogens is 2. The lowest BCUT2D eigenvalue weighted by Gasteiger charge is -2.58. The fourth-order valence-corrected chi connectivity index (χ4v) is 6.40. The van der Waals surface area contributed by atoms with E-state index in [9.17, 15) is 14.7 Å². The summed E-state index contributed by atoms with van der Waals surface area (Å²) >= 11 is 0. The van der Waals surface area contributed by atoms with Gasteiger partial charge in [-0.3, -0.25) is 9.59 Å². The summed E-state index contributed by atoms with van der Waals surface area (Å²) in [6.07, 6.45) is 11.1. The molecular formula is C27H42N4O4. The second kappa shape index (κ2) is 9.96. The summed E-state index contributed by atoms with van der Waals surface area (Å²) in [6.45, 7) is 10.4. The highest BCUT2D eigenvalue weighted by Gasteiger charge is 2.55. The van der Waals surface area contributed by atoms with E-state index in [0.717, 1.165) is 38.5 Å². The number of hydrogen-bond donors (Lipinski definition) is 3. The van der Waals surface area contributed by atoms with Crippen LogP contribution in [-0.4, -0.2) is 50.5 Å². The van der Waals surface area contributed by atoms with Gasteiger partial charge in [-0.1, -0.05) is 20.8 Å². The van der Waals surface area contributed by atoms with E-state index in [1.165, 1.54) is 0 Å². The molecule has 35 heavy (non-hydrogen) atoms. The molecule has 4 fully saturated rings. The molecule has 0 aliphatic heterocycles. The van der Waals surface area contributed by atoms with Gasteiger partial charge in [-0.25, -0.2) is 4.68 Å². The third-order valence-corrected chi connectivity index (χ3v) is 7.66. The van der Waals surface area contributed by atoms with Crippen molar-refractivity contribution in [3.8, 4) is 5.88 Å². The molecule has 0 aromatic carbocycles. The summed E-state index contributed by atoms with van der Waals surface area (Å²) in [4.78, 5) is 25.5. The fraction of sp³-hybridized carbons (Fsp3) is 0.741. The molecule has 8 nitrogen and oxygen atoms in total. The van der Waals surface area contributed by atoms with Gasteiger partial charge in [0.2, 0.25) is 11.8 Å². The number of hydrogen-bond acceptors (Lipinski definition) is 5. The van der Waals surface area contributed by atoms with Crippen molar-refractivity contribution in [1.29, 1.82) is 0 Å². The monoisotopic (exact) mass is 486 g/mol. The maximum Gasteiger partial charge on any atom is 0.258 e. The van der Waals surface area contributed by atoms with Crippen LogP contribution in [0.2, 0.25) is 0 Å². The Hall–Kier alpha value is -2.35. The van der Waals surface area contributed by atoms with E-state index in [4.69, 9.17) is 4.74 Å². The van der Waals surface area contributed by atoms with Gasteiger partial charge in [0, 0.05) is 18.7 Å². The highest BCUT2D eigenvalue weighted by atomic mass is 16.5. The molecule has 4 aliphatic carbocycles. The first-order chi connectivity index (χ1) is 16.5. The van der Waals surface area contributed by atoms with Gasteiger partial charge < -0.3 is 20.5 Å². The first-order valence-electron chi connectivity index (χ1n) is 13.2. The third kappa shape index (κ3) is 5.90. The molecule has 0 saturated heterocycles. The van der Waals surface area contributed by atoms with Gasteiger partial charge in [0.1, 0.15) is 5.56 Å². The van der Waals surface area contributed by atoms with Crippen LogP contribution in [-0.2, 0) is 4.79 Å². The van der Waals surface area contributed by atoms with E-state index < -0.39 is 11.1 Å². The lowest BCUT2D eigenvalue weighted by atomic mass is 9.52. The highest BCUT2D eigenvalue weighted by molar-refractivity contribution is 5.96. The Morgan fingerprint density at radius 1 is 1.29 bits per heavy atom. The number of aliphatic hydroxyl groups is 1. The minimum atomic E-state index is -0.573. The summed E-state index contributed by atoms with van der Waals surface area (Å²) < 4.78 is 7.63. The molecule has 4 bridgehead atoms. The normalized spacial score (nSPS) is 29.7. The van der Waals surface area contributed by atoms with E-state index in [1.807, 2.05) is 26.8 Å². The molecule has 4 aliphatic rings. The van der Waals surface area contributed by atoms with Crippen LogP contribution in [0.25, 0.3) is 6.20 Å². The molecule has 3 N–H and O–H groups in total. The molecule has 1 heterocycles. The van der Waals surface area contributed by atoms with E-state index >= 15 is 0 Å². The van der Waals surface area contributed by atoms with Gasteiger partial charge in [0.25, 0.3) is 5.91 Å². The van der Waals surface area contributed by atoms with E-state index in [-0.39, 0.29) is 23.8 Å². The topological polar surface area (TPSA) is 105 Å². The molecule has 2 unspecified atom stereocenters. The van der Waals surface area contributed by atoms with Crippen LogP contribution in [0.4, 0.5) is 0 Å². The molecular weight excluding hydrogens is 444 g/mol. The summed E-state index contributed by atoms with van der Waals surface area (Å²) in [5.41, 5.74) is -0.690. The molecule has 4 saturated carbocycles. The Morgan fingerprint density at radius 2 is 1.97 bits per heavy atom. The Balaban J connectivity index is 1.50. The Kier molecular flexibility index (Phi) is 7.32. The maximum absolute atomic E-state index is 13.4. The quantitative estimate of drug-likeness (QED) is 0.467. The summed E-state index contributed by atoms with van der Waals surface area (Å²) in [5, 5.41) is 21.6. The number of rotatable bonds is 10. The smallest absolute Gasteiger partial charge is 0.258 e. The van der Waals surface area contributed by atoms with Crippen LogP contribution in [0.15, 0.2) is 12.3 Å². The predicted molar refractivity (Wildman–Crippen MR) is 135 cm³/mol. The van der Waals surface area contributed by atoms with Crippen molar-refractivity contribution in [3.63, 3.8) is 0 Å². The van der Waals surface area contributed by atoms with Crippen LogP contribution < -0.4 is 15.4 Å². The minimum Gasteiger partial charge on any atom is -0.477 e. The van der Waals surface area contributed by atoms with Crippen LogP contribution in [0.3, 0.4) is 0 Å². The number of nitrogens with zero attached hydrogens (tertiary/aromatic N) is 2. The summed E-state index contributed by atoms with van der Waals surface area (Å²) in [7, 11) is 0. The fourth-order valence-electron chi connectivity index (χ4n) is 6.40. The van der Waals surface area contributed by atoms with Crippen LogP contribution >= 0.6 is 0 Å². The van der Waals surface area contributed by atoms with Gasteiger partial charge in [-0.15, -0.1) is 0 Å². The zero-order valence-electron chi connectivity index (χ0n) is 21.8. The summed E-state index contributed by atoms with van der Waals surface area (Å²) in [5.74, 6) is 1.77. The zero-order chi connectivity index (χ0) is 25.4. The van der Waals surface area contributed by atoms with E-state index in [0.29, 0.717) is 42.2 Å². The largest absolute Gasteiger partial charge is 0.477 e. The zero-order valence-corrected chi connectivity index (χ0v) is 21.8. The minimum absolute atomic E-state index is 0.000658. The van der Waals surface area contributed by atoms with Crippen molar-refractivity contribution in [2.75, 3.05) is 6.61 Å². The van der Waals surface area contributed by atoms with Crippen LogP contribution in [0.1, 0.15) is 89.9 Å². The second-order valence-electron chi connectivity index (χ2n) is 12.0. The molecule has 2 amide bonds. The molecule has 8 heteroatoms. The molecule has 1 aromatic heterocycles. The first kappa shape index (κ1) is 25.7. The standard InChI is InChI=1S/C27H42N4O4/c1-6-7-22(32)30-26(4,5)8-9-31-25(35-16-17(2)3)21(15-28-31)24(33)29-23-19-10-18-11-20(23)14-27(34,12-18)13-19/h8-9,15,17-20,23,34H,6-7,10-14,16H2,1-5H3,(H,29,33)(H,30,32). The van der Waals surface area contributed by atoms with Gasteiger partial charge >= 0.3 is 0 Å². The lowest BCUT2D eigenvalue weighted by Crippen LogP contribution is -2.61. The SMILES string of the molecule is CCCC(=O)NC(C)(C)C=Cn1ncc(C(=O)NC2C3CC4CC2CC(O)(C4)C3)c1OCC(C)C. The molecule has 0 spiro atoms. The third-order valence-electron chi connectivity index (χ3n) is 7.66. The number of nitrogens with one attached hydrogen (secondary N) is 2. The predicted octanol–water partition coefficient (Wildman–Crippen LogP) is 3.75. The Bertz CT molecular complexity index is 950. The maximum atomic E-state index is 13.4. The number of amides is 2. The van der Waals surface area contributed by atoms with Crippen molar-refractivity contribution in [1.82, 2.24) is 20.4 Å². The van der Waals surface area contributed by atoms with Crippen molar-refractivity contribution < 1.29 is 19.4 Å². The number of carbonyl (C=O) groups excluding carboxylic acids is 2. The van der Waals surface area contributed by atoms with Crippen LogP contribution in [0, 0.1) is 23.7 Å². The number of carbonyl (C=O) groups is 2. The summed E-state index contributed by atoms with van der Waals surface area (Å²) in [6, 6.07) is 0.0869. The number of ether oxygens (including phenoxy) is 1. The second-order valence-corrected chi connectivity index (χ2v) is 12.0. The van der Waals surface area contributed by atoms with Crippen molar-refractivity contribution >= 4 is 18.0 Å². The van der Waals surface area contributed by atoms with E-state index in [2.05, 4.69) is 29.6 Å². The van der Waals surface area contributed by atoms with Gasteiger partial charge in [0.05, 0.1) is 23.9 Å². The lowest BCUT2D eigenvalue weighted by molar-refractivity contribution is -0.137. The highest BCUT2D eigenvalue weighted by Crippen LogP contribution is 2.55. The molecule has 5 rings (SSSR count). The van der Waals surface area contributed by atoms with Crippen molar-refractivity contribution in [2.24, 2.45) is 23.7 Å². The van der Waals surface area contributed by atoms with Crippen molar-refractivity contribution in [3.05, 3.63) is 17.8 Å². The molecule has 2 atom stereocenters. The van der Waals surface area contributed by atoms with Crippen LogP contribution in [0.5, 0.6) is 5.88 Å². The molecule has 194 valence electrons. The first-order valence-corrected chi connectivity index (χ1v) is 13.2. The Morgan fingerprint density at radius 3 is 2.57 bits per heavy atom. The molecule has 1 aromatic rings.